The fourth-order valence-corrected chi connectivity index (χ4v) is 5.72. The fraction of sp³-hybridized carbons (Fsp3) is 0.391. The van der Waals surface area contributed by atoms with Crippen LogP contribution in [0.15, 0.2) is 52.4 Å². The van der Waals surface area contributed by atoms with Crippen LogP contribution in [0, 0.1) is 5.82 Å². The third-order valence-corrected chi connectivity index (χ3v) is 8.17. The van der Waals surface area contributed by atoms with Crippen molar-refractivity contribution in [2.24, 2.45) is 4.99 Å². The molecule has 1 spiro atoms. The van der Waals surface area contributed by atoms with Gasteiger partial charge in [0.25, 0.3) is 5.91 Å². The summed E-state index contributed by atoms with van der Waals surface area (Å²) in [4.78, 5) is 17.3. The zero-order valence-corrected chi connectivity index (χ0v) is 19.7. The van der Waals surface area contributed by atoms with Gasteiger partial charge in [0.2, 0.25) is 10.0 Å². The van der Waals surface area contributed by atoms with Crippen molar-refractivity contribution in [3.05, 3.63) is 64.4 Å². The maximum Gasteiger partial charge on any atom is 0.272 e. The highest BCUT2D eigenvalue weighted by Gasteiger charge is 2.44. The lowest BCUT2D eigenvalue weighted by Gasteiger charge is -2.36. The lowest BCUT2D eigenvalue weighted by atomic mass is 9.86. The van der Waals surface area contributed by atoms with E-state index in [-0.39, 0.29) is 34.3 Å². The van der Waals surface area contributed by atoms with E-state index in [1.54, 1.807) is 0 Å². The third-order valence-electron chi connectivity index (χ3n) is 5.99. The smallest absolute Gasteiger partial charge is 0.272 e. The summed E-state index contributed by atoms with van der Waals surface area (Å²) in [6.45, 7) is 6.73. The summed E-state index contributed by atoms with van der Waals surface area (Å²) >= 11 is 5.76. The Hall–Kier alpha value is -2.29. The second-order valence-electron chi connectivity index (χ2n) is 9.25. The number of sulfonamides is 1. The highest BCUT2D eigenvalue weighted by Crippen LogP contribution is 2.32. The lowest BCUT2D eigenvalue weighted by Crippen LogP contribution is -2.52. The van der Waals surface area contributed by atoms with Gasteiger partial charge in [0, 0.05) is 31.5 Å². The number of nitrogens with one attached hydrogen (secondary N) is 1. The van der Waals surface area contributed by atoms with Gasteiger partial charge < -0.3 is 5.32 Å². The maximum atomic E-state index is 13.4. The van der Waals surface area contributed by atoms with Gasteiger partial charge in [-0.1, -0.05) is 56.6 Å². The summed E-state index contributed by atoms with van der Waals surface area (Å²) < 4.78 is 40.6. The molecule has 0 aliphatic carbocycles. The molecule has 2 heterocycles. The third kappa shape index (κ3) is 4.19. The molecule has 2 aromatic carbocycles. The second kappa shape index (κ2) is 7.93. The Morgan fingerprint density at radius 3 is 2.28 bits per heavy atom. The van der Waals surface area contributed by atoms with Crippen LogP contribution in [0.4, 0.5) is 4.39 Å². The van der Waals surface area contributed by atoms with Crippen molar-refractivity contribution in [3.63, 3.8) is 0 Å². The molecule has 1 saturated heterocycles. The molecule has 170 valence electrons. The van der Waals surface area contributed by atoms with E-state index in [0.717, 1.165) is 23.3 Å². The average Bonchev–Trinajstić information content (AvgIpc) is 3.05. The number of carbonyl (C=O) groups excluding carboxylic acids is 1. The highest BCUT2D eigenvalue weighted by molar-refractivity contribution is 7.89. The van der Waals surface area contributed by atoms with Gasteiger partial charge in [0.05, 0.1) is 9.92 Å². The van der Waals surface area contributed by atoms with Gasteiger partial charge in [-0.05, 0) is 29.2 Å². The van der Waals surface area contributed by atoms with Crippen molar-refractivity contribution < 1.29 is 17.6 Å². The molecule has 4 rings (SSSR count). The van der Waals surface area contributed by atoms with E-state index in [2.05, 4.69) is 26.1 Å². The molecule has 0 atom stereocenters. The summed E-state index contributed by atoms with van der Waals surface area (Å²) in [5.74, 6) is -0.926. The number of hydrogen-bond donors (Lipinski definition) is 1. The largest absolute Gasteiger partial charge is 0.326 e. The van der Waals surface area contributed by atoms with Crippen LogP contribution in [-0.2, 0) is 20.2 Å². The van der Waals surface area contributed by atoms with Crippen molar-refractivity contribution in [1.82, 2.24) is 9.62 Å². The van der Waals surface area contributed by atoms with Gasteiger partial charge >= 0.3 is 0 Å². The molecule has 1 amide bonds. The van der Waals surface area contributed by atoms with E-state index in [1.807, 2.05) is 24.3 Å². The zero-order valence-electron chi connectivity index (χ0n) is 18.2. The Morgan fingerprint density at radius 2 is 1.72 bits per heavy atom. The number of piperidine rings is 1. The number of rotatable bonds is 3. The van der Waals surface area contributed by atoms with Crippen LogP contribution in [-0.4, -0.2) is 43.1 Å². The molecule has 0 bridgehead atoms. The Kier molecular flexibility index (Phi) is 5.68. The van der Waals surface area contributed by atoms with Crippen molar-refractivity contribution in [2.75, 3.05) is 13.1 Å². The number of hydrogen-bond acceptors (Lipinski definition) is 4. The molecule has 0 saturated carbocycles. The molecule has 32 heavy (non-hydrogen) atoms. The van der Waals surface area contributed by atoms with Crippen LogP contribution < -0.4 is 5.32 Å². The van der Waals surface area contributed by atoms with Crippen LogP contribution in [0.2, 0.25) is 5.02 Å². The van der Waals surface area contributed by atoms with E-state index >= 15 is 0 Å². The minimum Gasteiger partial charge on any atom is -0.326 e. The molecular weight excluding hydrogens is 453 g/mol. The number of nitrogens with zero attached hydrogens (tertiary/aromatic N) is 2. The summed E-state index contributed by atoms with van der Waals surface area (Å²) in [6.07, 6.45) is 0.687. The molecule has 0 radical (unpaired) electrons. The number of halogens is 2. The van der Waals surface area contributed by atoms with E-state index in [9.17, 15) is 17.6 Å². The first-order valence-electron chi connectivity index (χ1n) is 10.4. The Morgan fingerprint density at radius 1 is 1.09 bits per heavy atom. The summed E-state index contributed by atoms with van der Waals surface area (Å²) in [7, 11) is -3.82. The summed E-state index contributed by atoms with van der Waals surface area (Å²) in [5.41, 5.74) is 1.46. The Labute approximate surface area is 192 Å². The number of benzene rings is 2. The number of carbonyl (C=O) groups is 1. The first kappa shape index (κ1) is 22.9. The summed E-state index contributed by atoms with van der Waals surface area (Å²) in [5, 5.41) is 2.71. The van der Waals surface area contributed by atoms with Crippen molar-refractivity contribution in [2.45, 2.75) is 49.6 Å². The van der Waals surface area contributed by atoms with E-state index in [1.165, 1.54) is 10.4 Å². The molecule has 1 fully saturated rings. The topological polar surface area (TPSA) is 78.8 Å². The van der Waals surface area contributed by atoms with Gasteiger partial charge in [-0.2, -0.15) is 4.31 Å². The van der Waals surface area contributed by atoms with Crippen LogP contribution in [0.25, 0.3) is 0 Å². The van der Waals surface area contributed by atoms with Crippen molar-refractivity contribution in [3.8, 4) is 0 Å². The molecule has 2 aromatic rings. The fourth-order valence-electron chi connectivity index (χ4n) is 4.01. The number of amides is 1. The van der Waals surface area contributed by atoms with Crippen LogP contribution in [0.5, 0.6) is 0 Å². The highest BCUT2D eigenvalue weighted by atomic mass is 35.5. The molecule has 0 unspecified atom stereocenters. The van der Waals surface area contributed by atoms with E-state index < -0.39 is 21.5 Å². The van der Waals surface area contributed by atoms with Gasteiger partial charge in [0.15, 0.2) is 0 Å². The minimum absolute atomic E-state index is 0.00652. The van der Waals surface area contributed by atoms with Crippen molar-refractivity contribution in [1.29, 1.82) is 0 Å². The zero-order chi connectivity index (χ0) is 23.3. The first-order valence-corrected chi connectivity index (χ1v) is 12.2. The lowest BCUT2D eigenvalue weighted by molar-refractivity contribution is -0.115. The van der Waals surface area contributed by atoms with Gasteiger partial charge in [-0.25, -0.2) is 12.8 Å². The minimum atomic E-state index is -3.82. The Bertz CT molecular complexity index is 1200. The molecular formula is C23H25ClFN3O3S. The van der Waals surface area contributed by atoms with Crippen LogP contribution in [0.1, 0.15) is 44.7 Å². The maximum absolute atomic E-state index is 13.4. The molecule has 9 heteroatoms. The quantitative estimate of drug-likeness (QED) is 0.728. The summed E-state index contributed by atoms with van der Waals surface area (Å²) in [6, 6.07) is 11.2. The second-order valence-corrected chi connectivity index (χ2v) is 11.6. The molecule has 2 aliphatic rings. The standard InChI is InChI=1S/C23H25ClFN3O3S/c1-22(2,3)16-6-4-15(5-7-16)20-21(29)27-23(26-20)10-12-28(13-11-23)32(30,31)17-8-9-19(25)18(24)14-17/h4-9,14H,10-13H2,1-3H3,(H,27,29). The SMILES string of the molecule is CC(C)(C)c1ccc(C2=NC3(CCN(S(=O)(=O)c4ccc(F)c(Cl)c4)CC3)NC2=O)cc1. The van der Waals surface area contributed by atoms with E-state index in [0.29, 0.717) is 18.6 Å². The predicted octanol–water partition coefficient (Wildman–Crippen LogP) is 3.88. The first-order chi connectivity index (χ1) is 14.9. The molecule has 6 nitrogen and oxygen atoms in total. The normalized spacial score (nSPS) is 19.2. The predicted molar refractivity (Wildman–Crippen MR) is 122 cm³/mol. The van der Waals surface area contributed by atoms with Gasteiger partial charge in [-0.15, -0.1) is 0 Å². The monoisotopic (exact) mass is 477 g/mol. The van der Waals surface area contributed by atoms with Crippen molar-refractivity contribution >= 4 is 33.2 Å². The average molecular weight is 478 g/mol. The Balaban J connectivity index is 1.52. The molecule has 2 aliphatic heterocycles. The molecule has 0 aromatic heterocycles. The van der Waals surface area contributed by atoms with Crippen LogP contribution >= 0.6 is 11.6 Å². The number of aliphatic imine (C=N–C) groups is 1. The van der Waals surface area contributed by atoms with Gasteiger partial charge in [-0.3, -0.25) is 9.79 Å². The van der Waals surface area contributed by atoms with E-state index in [4.69, 9.17) is 16.6 Å². The molecule has 1 N–H and O–H groups in total. The van der Waals surface area contributed by atoms with Gasteiger partial charge in [0.1, 0.15) is 17.2 Å². The van der Waals surface area contributed by atoms with Crippen LogP contribution in [0.3, 0.4) is 0 Å².